The first-order valence-electron chi connectivity index (χ1n) is 8.66. The predicted octanol–water partition coefficient (Wildman–Crippen LogP) is 2.84. The molecule has 0 spiro atoms. The number of carbonyl (C=O) groups excluding carboxylic acids is 2. The van der Waals surface area contributed by atoms with Crippen LogP contribution in [0.1, 0.15) is 40.4 Å². The van der Waals surface area contributed by atoms with Crippen LogP contribution in [0.2, 0.25) is 0 Å². The molecule has 3 N–H and O–H groups in total. The van der Waals surface area contributed by atoms with Gasteiger partial charge in [-0.15, -0.1) is 0 Å². The summed E-state index contributed by atoms with van der Waals surface area (Å²) < 4.78 is 5.45. The molecule has 0 radical (unpaired) electrons. The number of nitrogens with zero attached hydrogens (tertiary/aromatic N) is 1. The van der Waals surface area contributed by atoms with E-state index in [0.29, 0.717) is 18.7 Å². The summed E-state index contributed by atoms with van der Waals surface area (Å²) in [6.45, 7) is 1.05. The number of benzene rings is 2. The number of amides is 3. The second kappa shape index (κ2) is 7.91. The van der Waals surface area contributed by atoms with Crippen molar-refractivity contribution in [3.05, 3.63) is 65.2 Å². The lowest BCUT2D eigenvalue weighted by atomic mass is 10.0. The van der Waals surface area contributed by atoms with Gasteiger partial charge in [0.1, 0.15) is 5.75 Å². The Balaban J connectivity index is 1.69. The van der Waals surface area contributed by atoms with Gasteiger partial charge in [0.2, 0.25) is 5.91 Å². The standard InChI is InChI=1S/C20H23N3O3/c1-26-18-10-3-2-8-16(18)17-9-5-11-23(17)20(25)22-13-14-6-4-7-15(12-14)19(21)24/h2-4,6-8,10,12,17H,5,9,11,13H2,1H3,(H2,21,24)(H,22,25). The minimum Gasteiger partial charge on any atom is -0.496 e. The van der Waals surface area contributed by atoms with Crippen LogP contribution in [0, 0.1) is 0 Å². The quantitative estimate of drug-likeness (QED) is 0.867. The maximum absolute atomic E-state index is 12.7. The summed E-state index contributed by atoms with van der Waals surface area (Å²) in [5.41, 5.74) is 7.60. The van der Waals surface area contributed by atoms with Crippen molar-refractivity contribution in [2.24, 2.45) is 5.73 Å². The molecule has 0 bridgehead atoms. The van der Waals surface area contributed by atoms with E-state index in [2.05, 4.69) is 5.32 Å². The Hall–Kier alpha value is -3.02. The predicted molar refractivity (Wildman–Crippen MR) is 98.9 cm³/mol. The van der Waals surface area contributed by atoms with Crippen LogP contribution in [-0.2, 0) is 6.54 Å². The van der Waals surface area contributed by atoms with E-state index in [0.717, 1.165) is 29.7 Å². The fourth-order valence-electron chi connectivity index (χ4n) is 3.39. The molecule has 1 fully saturated rings. The molecule has 6 heteroatoms. The van der Waals surface area contributed by atoms with Crippen molar-refractivity contribution < 1.29 is 14.3 Å². The minimum atomic E-state index is -0.478. The molecule has 1 saturated heterocycles. The summed E-state index contributed by atoms with van der Waals surface area (Å²) in [7, 11) is 1.64. The fraction of sp³-hybridized carbons (Fsp3) is 0.300. The highest BCUT2D eigenvalue weighted by Crippen LogP contribution is 2.36. The molecular weight excluding hydrogens is 330 g/mol. The normalized spacial score (nSPS) is 16.3. The van der Waals surface area contributed by atoms with Gasteiger partial charge in [-0.1, -0.05) is 30.3 Å². The molecule has 26 heavy (non-hydrogen) atoms. The van der Waals surface area contributed by atoms with E-state index in [4.69, 9.17) is 10.5 Å². The largest absolute Gasteiger partial charge is 0.496 e. The Bertz CT molecular complexity index is 806. The zero-order chi connectivity index (χ0) is 18.5. The number of primary amides is 1. The highest BCUT2D eigenvalue weighted by atomic mass is 16.5. The van der Waals surface area contributed by atoms with Crippen molar-refractivity contribution in [1.82, 2.24) is 10.2 Å². The molecule has 0 aliphatic carbocycles. The summed E-state index contributed by atoms with van der Waals surface area (Å²) in [5.74, 6) is 0.320. The van der Waals surface area contributed by atoms with Crippen LogP contribution in [0.5, 0.6) is 5.75 Å². The van der Waals surface area contributed by atoms with Gasteiger partial charge >= 0.3 is 6.03 Å². The molecule has 0 aromatic heterocycles. The van der Waals surface area contributed by atoms with E-state index in [-0.39, 0.29) is 12.1 Å². The summed E-state index contributed by atoms with van der Waals surface area (Å²) in [5, 5.41) is 2.94. The number of para-hydroxylation sites is 1. The van der Waals surface area contributed by atoms with Crippen molar-refractivity contribution in [2.75, 3.05) is 13.7 Å². The van der Waals surface area contributed by atoms with Gasteiger partial charge in [0.25, 0.3) is 0 Å². The maximum atomic E-state index is 12.7. The lowest BCUT2D eigenvalue weighted by Gasteiger charge is -2.26. The molecule has 136 valence electrons. The SMILES string of the molecule is COc1ccccc1C1CCCN1C(=O)NCc1cccc(C(N)=O)c1. The Morgan fingerprint density at radius 1 is 1.23 bits per heavy atom. The molecule has 2 aromatic carbocycles. The van der Waals surface area contributed by atoms with Crippen LogP contribution in [0.15, 0.2) is 48.5 Å². The summed E-state index contributed by atoms with van der Waals surface area (Å²) in [4.78, 5) is 25.8. The van der Waals surface area contributed by atoms with Crippen LogP contribution >= 0.6 is 0 Å². The minimum absolute atomic E-state index is 0.00287. The van der Waals surface area contributed by atoms with Gasteiger partial charge in [-0.25, -0.2) is 4.79 Å². The molecule has 0 saturated carbocycles. The van der Waals surface area contributed by atoms with Gasteiger partial charge in [-0.2, -0.15) is 0 Å². The first kappa shape index (κ1) is 17.8. The molecule has 1 aliphatic heterocycles. The third-order valence-electron chi connectivity index (χ3n) is 4.67. The fourth-order valence-corrected chi connectivity index (χ4v) is 3.39. The van der Waals surface area contributed by atoms with Crippen LogP contribution in [-0.4, -0.2) is 30.5 Å². The van der Waals surface area contributed by atoms with E-state index >= 15 is 0 Å². The van der Waals surface area contributed by atoms with Gasteiger partial charge < -0.3 is 20.7 Å². The number of likely N-dealkylation sites (tertiary alicyclic amines) is 1. The van der Waals surface area contributed by atoms with Crippen LogP contribution in [0.3, 0.4) is 0 Å². The Labute approximate surface area is 152 Å². The Morgan fingerprint density at radius 2 is 2.04 bits per heavy atom. The van der Waals surface area contributed by atoms with Gasteiger partial charge in [0.05, 0.1) is 13.2 Å². The highest BCUT2D eigenvalue weighted by molar-refractivity contribution is 5.92. The smallest absolute Gasteiger partial charge is 0.318 e. The van der Waals surface area contributed by atoms with E-state index in [1.165, 1.54) is 0 Å². The number of rotatable bonds is 5. The van der Waals surface area contributed by atoms with E-state index < -0.39 is 5.91 Å². The van der Waals surface area contributed by atoms with Gasteiger partial charge in [0.15, 0.2) is 0 Å². The molecule has 1 unspecified atom stereocenters. The summed E-state index contributed by atoms with van der Waals surface area (Å²) >= 11 is 0. The van der Waals surface area contributed by atoms with E-state index in [9.17, 15) is 9.59 Å². The third kappa shape index (κ3) is 3.79. The number of nitrogens with one attached hydrogen (secondary N) is 1. The summed E-state index contributed by atoms with van der Waals surface area (Å²) in [6, 6.07) is 14.7. The van der Waals surface area contributed by atoms with E-state index in [1.54, 1.807) is 25.3 Å². The number of methoxy groups -OCH3 is 1. The first-order valence-corrected chi connectivity index (χ1v) is 8.66. The average molecular weight is 353 g/mol. The Morgan fingerprint density at radius 3 is 2.81 bits per heavy atom. The zero-order valence-corrected chi connectivity index (χ0v) is 14.8. The Kier molecular flexibility index (Phi) is 5.41. The lowest BCUT2D eigenvalue weighted by Crippen LogP contribution is -2.39. The zero-order valence-electron chi connectivity index (χ0n) is 14.8. The summed E-state index contributed by atoms with van der Waals surface area (Å²) in [6.07, 6.45) is 1.86. The highest BCUT2D eigenvalue weighted by Gasteiger charge is 2.31. The number of hydrogen-bond acceptors (Lipinski definition) is 3. The number of nitrogens with two attached hydrogens (primary N) is 1. The molecule has 2 aromatic rings. The molecule has 1 atom stereocenters. The first-order chi connectivity index (χ1) is 12.6. The molecule has 3 rings (SSSR count). The molecule has 1 aliphatic rings. The number of hydrogen-bond donors (Lipinski definition) is 2. The lowest BCUT2D eigenvalue weighted by molar-refractivity contribution is 0.1000. The molecule has 3 amide bonds. The van der Waals surface area contributed by atoms with E-state index in [1.807, 2.05) is 35.2 Å². The topological polar surface area (TPSA) is 84.7 Å². The van der Waals surface area contributed by atoms with Crippen molar-refractivity contribution in [1.29, 1.82) is 0 Å². The van der Waals surface area contributed by atoms with Crippen molar-refractivity contribution in [3.63, 3.8) is 0 Å². The molecular formula is C20H23N3O3. The van der Waals surface area contributed by atoms with Crippen molar-refractivity contribution in [2.45, 2.75) is 25.4 Å². The average Bonchev–Trinajstić information content (AvgIpc) is 3.16. The van der Waals surface area contributed by atoms with Crippen molar-refractivity contribution in [3.8, 4) is 5.75 Å². The maximum Gasteiger partial charge on any atom is 0.318 e. The number of urea groups is 1. The molecule has 1 heterocycles. The second-order valence-corrected chi connectivity index (χ2v) is 6.32. The van der Waals surface area contributed by atoms with Crippen molar-refractivity contribution >= 4 is 11.9 Å². The number of ether oxygens (including phenoxy) is 1. The van der Waals surface area contributed by atoms with Crippen LogP contribution in [0.4, 0.5) is 4.79 Å². The van der Waals surface area contributed by atoms with Gasteiger partial charge in [-0.3, -0.25) is 4.79 Å². The van der Waals surface area contributed by atoms with Gasteiger partial charge in [0, 0.05) is 24.2 Å². The monoisotopic (exact) mass is 353 g/mol. The second-order valence-electron chi connectivity index (χ2n) is 6.32. The van der Waals surface area contributed by atoms with Crippen LogP contribution in [0.25, 0.3) is 0 Å². The third-order valence-corrected chi connectivity index (χ3v) is 4.67. The van der Waals surface area contributed by atoms with Crippen LogP contribution < -0.4 is 15.8 Å². The molecule has 6 nitrogen and oxygen atoms in total. The van der Waals surface area contributed by atoms with Gasteiger partial charge in [-0.05, 0) is 36.6 Å². The number of carbonyl (C=O) groups is 2.